The molecule has 0 bridgehead atoms. The number of rotatable bonds is 8. The van der Waals surface area contributed by atoms with E-state index >= 15 is 0 Å². The van der Waals surface area contributed by atoms with Crippen molar-refractivity contribution in [1.82, 2.24) is 15.5 Å². The van der Waals surface area contributed by atoms with Gasteiger partial charge >= 0.3 is 0 Å². The molecule has 3 rings (SSSR count). The van der Waals surface area contributed by atoms with Crippen LogP contribution in [0.5, 0.6) is 0 Å². The molecule has 0 aliphatic carbocycles. The lowest BCUT2D eigenvalue weighted by molar-refractivity contribution is -0.118. The van der Waals surface area contributed by atoms with Crippen LogP contribution >= 0.6 is 34.7 Å². The zero-order valence-corrected chi connectivity index (χ0v) is 17.1. The Balaban J connectivity index is 1.41. The molecule has 0 aliphatic heterocycles. The second kappa shape index (κ2) is 10.2. The molecule has 1 aromatic heterocycles. The van der Waals surface area contributed by atoms with Crippen LogP contribution in [0.4, 0.5) is 5.13 Å². The second-order valence-electron chi connectivity index (χ2n) is 5.71. The predicted molar refractivity (Wildman–Crippen MR) is 113 cm³/mol. The quantitative estimate of drug-likeness (QED) is 0.416. The molecule has 0 spiro atoms. The zero-order valence-electron chi connectivity index (χ0n) is 14.7. The van der Waals surface area contributed by atoms with Gasteiger partial charge in [-0.3, -0.25) is 14.9 Å². The third kappa shape index (κ3) is 6.33. The Labute approximate surface area is 175 Å². The van der Waals surface area contributed by atoms with Crippen molar-refractivity contribution in [1.29, 1.82) is 0 Å². The van der Waals surface area contributed by atoms with Gasteiger partial charge in [-0.2, -0.15) is 0 Å². The number of hydrogen-bond donors (Lipinski definition) is 2. The summed E-state index contributed by atoms with van der Waals surface area (Å²) in [5.41, 5.74) is 1.66. The minimum absolute atomic E-state index is 0.0668. The van der Waals surface area contributed by atoms with Crippen LogP contribution in [-0.4, -0.2) is 34.3 Å². The zero-order chi connectivity index (χ0) is 19.8. The van der Waals surface area contributed by atoms with Gasteiger partial charge in [0.15, 0.2) is 4.34 Å². The molecule has 0 fully saturated rings. The van der Waals surface area contributed by atoms with E-state index in [0.29, 0.717) is 26.6 Å². The van der Waals surface area contributed by atoms with E-state index in [0.717, 1.165) is 6.42 Å². The van der Waals surface area contributed by atoms with E-state index < -0.39 is 0 Å². The predicted octanol–water partition coefficient (Wildman–Crippen LogP) is 3.89. The molecule has 0 atom stereocenters. The third-order valence-electron chi connectivity index (χ3n) is 3.64. The topological polar surface area (TPSA) is 84.0 Å². The normalized spacial score (nSPS) is 10.5. The Morgan fingerprint density at radius 1 is 1.04 bits per heavy atom. The second-order valence-corrected chi connectivity index (χ2v) is 8.34. The van der Waals surface area contributed by atoms with Gasteiger partial charge in [-0.05, 0) is 36.2 Å². The van der Waals surface area contributed by atoms with Crippen LogP contribution in [0.15, 0.2) is 58.9 Å². The molecule has 0 unspecified atom stereocenters. The van der Waals surface area contributed by atoms with Gasteiger partial charge in [0.05, 0.1) is 5.75 Å². The average molecular weight is 433 g/mol. The third-order valence-corrected chi connectivity index (χ3v) is 5.86. The van der Waals surface area contributed by atoms with Gasteiger partial charge in [-0.1, -0.05) is 65.0 Å². The number of carbonyl (C=O) groups is 2. The highest BCUT2D eigenvalue weighted by molar-refractivity contribution is 8.01. The van der Waals surface area contributed by atoms with Crippen molar-refractivity contribution in [2.24, 2.45) is 0 Å². The summed E-state index contributed by atoms with van der Waals surface area (Å²) in [4.78, 5) is 24.1. The summed E-state index contributed by atoms with van der Waals surface area (Å²) in [6.45, 7) is 0.585. The summed E-state index contributed by atoms with van der Waals surface area (Å²) < 4.78 is 0.615. The molecule has 6 nitrogen and oxygen atoms in total. The van der Waals surface area contributed by atoms with Crippen LogP contribution in [0.2, 0.25) is 5.02 Å². The van der Waals surface area contributed by atoms with Crippen LogP contribution in [0.1, 0.15) is 15.9 Å². The lowest BCUT2D eigenvalue weighted by Gasteiger charge is -2.04. The molecule has 2 amide bonds. The molecule has 0 radical (unpaired) electrons. The minimum Gasteiger partial charge on any atom is -0.355 e. The summed E-state index contributed by atoms with van der Waals surface area (Å²) in [7, 11) is 0. The summed E-state index contributed by atoms with van der Waals surface area (Å²) >= 11 is 8.32. The van der Waals surface area contributed by atoms with E-state index in [2.05, 4.69) is 20.8 Å². The SMILES string of the molecule is O=C(CSc1nnc(NC(=O)c2ccc(Cl)cc2)s1)NCCc1ccccc1. The molecular formula is C19H17ClN4O2S2. The first kappa shape index (κ1) is 20.3. The summed E-state index contributed by atoms with van der Waals surface area (Å²) in [5, 5.41) is 14.4. The van der Waals surface area contributed by atoms with Crippen molar-refractivity contribution in [3.8, 4) is 0 Å². The molecule has 2 N–H and O–H groups in total. The standard InChI is InChI=1S/C19H17ClN4O2S2/c20-15-8-6-14(7-9-15)17(26)22-18-23-24-19(28-18)27-12-16(25)21-11-10-13-4-2-1-3-5-13/h1-9H,10-12H2,(H,21,25)(H,22,23,26). The Bertz CT molecular complexity index is 933. The van der Waals surface area contributed by atoms with Gasteiger partial charge in [0.25, 0.3) is 5.91 Å². The van der Waals surface area contributed by atoms with Gasteiger partial charge < -0.3 is 5.32 Å². The summed E-state index contributed by atoms with van der Waals surface area (Å²) in [6, 6.07) is 16.5. The molecule has 1 heterocycles. The first-order valence-electron chi connectivity index (χ1n) is 8.44. The van der Waals surface area contributed by atoms with Crippen LogP contribution in [0, 0.1) is 0 Å². The fourth-order valence-corrected chi connectivity index (χ4v) is 3.96. The van der Waals surface area contributed by atoms with Crippen molar-refractivity contribution < 1.29 is 9.59 Å². The first-order valence-corrected chi connectivity index (χ1v) is 10.6. The van der Waals surface area contributed by atoms with E-state index in [1.54, 1.807) is 24.3 Å². The fourth-order valence-electron chi connectivity index (χ4n) is 2.26. The molecular weight excluding hydrogens is 416 g/mol. The van der Waals surface area contributed by atoms with E-state index in [1.165, 1.54) is 28.7 Å². The van der Waals surface area contributed by atoms with Crippen LogP contribution < -0.4 is 10.6 Å². The molecule has 0 saturated heterocycles. The van der Waals surface area contributed by atoms with Gasteiger partial charge in [-0.25, -0.2) is 0 Å². The lowest BCUT2D eigenvalue weighted by Crippen LogP contribution is -2.27. The van der Waals surface area contributed by atoms with E-state index in [1.807, 2.05) is 30.3 Å². The number of nitrogens with one attached hydrogen (secondary N) is 2. The van der Waals surface area contributed by atoms with Gasteiger partial charge in [0, 0.05) is 17.1 Å². The highest BCUT2D eigenvalue weighted by Gasteiger charge is 2.12. The van der Waals surface area contributed by atoms with Crippen molar-refractivity contribution >= 4 is 51.6 Å². The Morgan fingerprint density at radius 3 is 2.54 bits per heavy atom. The number of nitrogens with zero attached hydrogens (tertiary/aromatic N) is 2. The van der Waals surface area contributed by atoms with Gasteiger partial charge in [0.2, 0.25) is 11.0 Å². The van der Waals surface area contributed by atoms with E-state index in [9.17, 15) is 9.59 Å². The number of carbonyl (C=O) groups excluding carboxylic acids is 2. The average Bonchev–Trinajstić information content (AvgIpc) is 3.15. The van der Waals surface area contributed by atoms with E-state index in [-0.39, 0.29) is 17.6 Å². The Morgan fingerprint density at radius 2 is 1.79 bits per heavy atom. The molecule has 2 aromatic carbocycles. The van der Waals surface area contributed by atoms with Crippen LogP contribution in [0.3, 0.4) is 0 Å². The van der Waals surface area contributed by atoms with E-state index in [4.69, 9.17) is 11.6 Å². The number of benzene rings is 2. The number of thioether (sulfide) groups is 1. The molecule has 0 aliphatic rings. The Hall–Kier alpha value is -2.42. The largest absolute Gasteiger partial charge is 0.355 e. The highest BCUT2D eigenvalue weighted by atomic mass is 35.5. The maximum absolute atomic E-state index is 12.1. The van der Waals surface area contributed by atoms with Gasteiger partial charge in [0.1, 0.15) is 0 Å². The fraction of sp³-hybridized carbons (Fsp3) is 0.158. The molecule has 0 saturated carbocycles. The maximum Gasteiger partial charge on any atom is 0.257 e. The number of hydrogen-bond acceptors (Lipinski definition) is 6. The van der Waals surface area contributed by atoms with Crippen molar-refractivity contribution in [2.45, 2.75) is 10.8 Å². The minimum atomic E-state index is -0.289. The lowest BCUT2D eigenvalue weighted by atomic mass is 10.1. The maximum atomic E-state index is 12.1. The monoisotopic (exact) mass is 432 g/mol. The smallest absolute Gasteiger partial charge is 0.257 e. The molecule has 9 heteroatoms. The summed E-state index contributed by atoms with van der Waals surface area (Å²) in [6.07, 6.45) is 0.789. The van der Waals surface area contributed by atoms with Crippen LogP contribution in [-0.2, 0) is 11.2 Å². The first-order chi connectivity index (χ1) is 13.6. The van der Waals surface area contributed by atoms with Crippen LogP contribution in [0.25, 0.3) is 0 Å². The highest BCUT2D eigenvalue weighted by Crippen LogP contribution is 2.25. The van der Waals surface area contributed by atoms with Crippen molar-refractivity contribution in [2.75, 3.05) is 17.6 Å². The number of anilines is 1. The van der Waals surface area contributed by atoms with Crippen molar-refractivity contribution in [3.63, 3.8) is 0 Å². The Kier molecular flexibility index (Phi) is 7.41. The van der Waals surface area contributed by atoms with Crippen molar-refractivity contribution in [3.05, 3.63) is 70.7 Å². The molecule has 28 heavy (non-hydrogen) atoms. The number of aromatic nitrogens is 2. The molecule has 144 valence electrons. The number of halogens is 1. The number of amides is 2. The van der Waals surface area contributed by atoms with Gasteiger partial charge in [-0.15, -0.1) is 10.2 Å². The molecule has 3 aromatic rings. The summed E-state index contributed by atoms with van der Waals surface area (Å²) in [5.74, 6) is -0.111.